The minimum Gasteiger partial charge on any atom is -0.504 e. The summed E-state index contributed by atoms with van der Waals surface area (Å²) in [5.41, 5.74) is 0.983. The van der Waals surface area contributed by atoms with Crippen molar-refractivity contribution in [3.63, 3.8) is 0 Å². The normalized spacial score (nSPS) is 17.3. The van der Waals surface area contributed by atoms with Crippen LogP contribution in [-0.2, 0) is 25.5 Å². The molecular formula is C24H36O6. The molecule has 1 saturated carbocycles. The second-order valence-electron chi connectivity index (χ2n) is 8.27. The smallest absolute Gasteiger partial charge is 0.302 e. The number of hydrogen-bond donors (Lipinski definition) is 1. The van der Waals surface area contributed by atoms with Crippen molar-refractivity contribution in [3.05, 3.63) is 23.8 Å². The first-order chi connectivity index (χ1) is 14.4. The van der Waals surface area contributed by atoms with Gasteiger partial charge in [0.25, 0.3) is 0 Å². The number of carbonyl (C=O) groups excluding carboxylic acids is 2. The highest BCUT2D eigenvalue weighted by molar-refractivity contribution is 5.66. The van der Waals surface area contributed by atoms with Crippen LogP contribution in [0.25, 0.3) is 0 Å². The van der Waals surface area contributed by atoms with Gasteiger partial charge < -0.3 is 19.3 Å². The van der Waals surface area contributed by atoms with Gasteiger partial charge in [-0.3, -0.25) is 9.59 Å². The number of aromatic hydroxyl groups is 1. The van der Waals surface area contributed by atoms with Crippen molar-refractivity contribution in [2.75, 3.05) is 7.11 Å². The number of carbonyl (C=O) groups is 2. The second kappa shape index (κ2) is 12.5. The van der Waals surface area contributed by atoms with Gasteiger partial charge in [-0.15, -0.1) is 0 Å². The fraction of sp³-hybridized carbons (Fsp3) is 0.667. The zero-order valence-corrected chi connectivity index (χ0v) is 18.5. The average Bonchev–Trinajstić information content (AvgIpc) is 2.65. The molecule has 2 unspecified atom stereocenters. The molecule has 0 amide bonds. The average molecular weight is 421 g/mol. The maximum Gasteiger partial charge on any atom is 0.302 e. The quantitative estimate of drug-likeness (QED) is 0.569. The predicted molar refractivity (Wildman–Crippen MR) is 115 cm³/mol. The van der Waals surface area contributed by atoms with Gasteiger partial charge in [-0.05, 0) is 49.3 Å². The number of aryl methyl sites for hydroxylation is 1. The fourth-order valence-corrected chi connectivity index (χ4v) is 4.33. The van der Waals surface area contributed by atoms with Gasteiger partial charge in [-0.1, -0.05) is 38.2 Å². The number of rotatable bonds is 9. The van der Waals surface area contributed by atoms with Crippen LogP contribution in [0.5, 0.6) is 11.5 Å². The summed E-state index contributed by atoms with van der Waals surface area (Å²) in [4.78, 5) is 23.5. The van der Waals surface area contributed by atoms with Gasteiger partial charge in [0.05, 0.1) is 7.11 Å². The van der Waals surface area contributed by atoms with Crippen LogP contribution in [0.3, 0.4) is 0 Å². The lowest BCUT2D eigenvalue weighted by molar-refractivity contribution is -0.156. The molecule has 0 saturated heterocycles. The molecular weight excluding hydrogens is 384 g/mol. The minimum atomic E-state index is -0.336. The Kier molecular flexibility index (Phi) is 9.98. The van der Waals surface area contributed by atoms with Crippen LogP contribution in [0.1, 0.15) is 77.2 Å². The lowest BCUT2D eigenvalue weighted by atomic mass is 9.84. The highest BCUT2D eigenvalue weighted by Gasteiger charge is 2.29. The second-order valence-corrected chi connectivity index (χ2v) is 8.27. The van der Waals surface area contributed by atoms with Crippen LogP contribution in [0.2, 0.25) is 0 Å². The molecule has 2 rings (SSSR count). The third-order valence-corrected chi connectivity index (χ3v) is 5.82. The van der Waals surface area contributed by atoms with E-state index in [1.807, 2.05) is 6.07 Å². The summed E-state index contributed by atoms with van der Waals surface area (Å²) < 4.78 is 16.5. The number of hydrogen-bond acceptors (Lipinski definition) is 6. The fourth-order valence-electron chi connectivity index (χ4n) is 4.33. The molecule has 1 N–H and O–H groups in total. The molecule has 1 fully saturated rings. The van der Waals surface area contributed by atoms with Gasteiger partial charge in [0.1, 0.15) is 12.2 Å². The van der Waals surface area contributed by atoms with E-state index in [0.717, 1.165) is 31.2 Å². The van der Waals surface area contributed by atoms with Gasteiger partial charge in [0, 0.05) is 20.3 Å². The number of esters is 2. The first-order valence-electron chi connectivity index (χ1n) is 11.1. The SMILES string of the molecule is COc1cc(CCC(CC(OC(C)=O)C2CCCCCCC2)OC(C)=O)ccc1O. The van der Waals surface area contributed by atoms with Crippen LogP contribution in [0.15, 0.2) is 18.2 Å². The summed E-state index contributed by atoms with van der Waals surface area (Å²) in [5.74, 6) is 0.205. The summed E-state index contributed by atoms with van der Waals surface area (Å²) in [5, 5.41) is 9.78. The number of phenols is 1. The number of ether oxygens (including phenoxy) is 3. The maximum atomic E-state index is 11.8. The van der Waals surface area contributed by atoms with E-state index in [1.165, 1.54) is 40.2 Å². The maximum absolute atomic E-state index is 11.8. The molecule has 0 aromatic heterocycles. The van der Waals surface area contributed by atoms with E-state index in [0.29, 0.717) is 30.9 Å². The summed E-state index contributed by atoms with van der Waals surface area (Å²) in [7, 11) is 1.51. The molecule has 0 bridgehead atoms. The number of benzene rings is 1. The Balaban J connectivity index is 2.08. The van der Waals surface area contributed by atoms with E-state index in [2.05, 4.69) is 0 Å². The number of methoxy groups -OCH3 is 1. The Morgan fingerprint density at radius 3 is 2.27 bits per heavy atom. The van der Waals surface area contributed by atoms with Gasteiger partial charge in [-0.25, -0.2) is 0 Å². The van der Waals surface area contributed by atoms with Crippen LogP contribution >= 0.6 is 0 Å². The van der Waals surface area contributed by atoms with E-state index in [-0.39, 0.29) is 29.9 Å². The third-order valence-electron chi connectivity index (χ3n) is 5.82. The summed E-state index contributed by atoms with van der Waals surface area (Å²) in [6, 6.07) is 5.23. The van der Waals surface area contributed by atoms with Crippen LogP contribution < -0.4 is 4.74 Å². The lowest BCUT2D eigenvalue weighted by Gasteiger charge is -2.31. The molecule has 0 heterocycles. The molecule has 30 heavy (non-hydrogen) atoms. The summed E-state index contributed by atoms with van der Waals surface area (Å²) in [6.45, 7) is 2.85. The Morgan fingerprint density at radius 2 is 1.67 bits per heavy atom. The topological polar surface area (TPSA) is 82.1 Å². The van der Waals surface area contributed by atoms with Crippen molar-refractivity contribution in [2.45, 2.75) is 90.3 Å². The monoisotopic (exact) mass is 420 g/mol. The predicted octanol–water partition coefficient (Wildman–Crippen LogP) is 4.95. The molecule has 1 aromatic rings. The Hall–Kier alpha value is -2.24. The lowest BCUT2D eigenvalue weighted by Crippen LogP contribution is -2.33. The van der Waals surface area contributed by atoms with Crippen molar-refractivity contribution in [1.82, 2.24) is 0 Å². The molecule has 168 valence electrons. The van der Waals surface area contributed by atoms with Crippen molar-refractivity contribution in [1.29, 1.82) is 0 Å². The van der Waals surface area contributed by atoms with Crippen molar-refractivity contribution >= 4 is 11.9 Å². The van der Waals surface area contributed by atoms with E-state index in [1.54, 1.807) is 12.1 Å². The van der Waals surface area contributed by atoms with E-state index < -0.39 is 0 Å². The van der Waals surface area contributed by atoms with Crippen LogP contribution in [0.4, 0.5) is 0 Å². The van der Waals surface area contributed by atoms with Crippen molar-refractivity contribution in [3.8, 4) is 11.5 Å². The van der Waals surface area contributed by atoms with Gasteiger partial charge in [0.15, 0.2) is 11.5 Å². The van der Waals surface area contributed by atoms with E-state index >= 15 is 0 Å². The van der Waals surface area contributed by atoms with Gasteiger partial charge >= 0.3 is 11.9 Å². The van der Waals surface area contributed by atoms with Crippen LogP contribution in [0, 0.1) is 5.92 Å². The highest BCUT2D eigenvalue weighted by atomic mass is 16.6. The molecule has 6 nitrogen and oxygen atoms in total. The highest BCUT2D eigenvalue weighted by Crippen LogP contribution is 2.31. The first kappa shape index (κ1) is 24.0. The third kappa shape index (κ3) is 8.25. The van der Waals surface area contributed by atoms with E-state index in [9.17, 15) is 14.7 Å². The van der Waals surface area contributed by atoms with Gasteiger partial charge in [-0.2, -0.15) is 0 Å². The molecule has 6 heteroatoms. The van der Waals surface area contributed by atoms with Crippen LogP contribution in [-0.4, -0.2) is 36.4 Å². The standard InChI is InChI=1S/C24H36O6/c1-17(25)29-21(13-11-19-12-14-22(27)24(15-19)28-3)16-23(30-18(2)26)20-9-7-5-4-6-8-10-20/h12,14-15,20-21,23,27H,4-11,13,16H2,1-3H3. The molecule has 1 aliphatic rings. The minimum absolute atomic E-state index is 0.0944. The first-order valence-corrected chi connectivity index (χ1v) is 11.1. The Labute approximate surface area is 179 Å². The largest absolute Gasteiger partial charge is 0.504 e. The van der Waals surface area contributed by atoms with Crippen molar-refractivity contribution in [2.24, 2.45) is 5.92 Å². The zero-order chi connectivity index (χ0) is 21.9. The Morgan fingerprint density at radius 1 is 1.03 bits per heavy atom. The molecule has 0 radical (unpaired) electrons. The summed E-state index contributed by atoms with van der Waals surface area (Å²) in [6.07, 6.45) is 9.30. The Bertz CT molecular complexity index is 678. The van der Waals surface area contributed by atoms with Gasteiger partial charge in [0.2, 0.25) is 0 Å². The molecule has 1 aromatic carbocycles. The number of phenolic OH excluding ortho intramolecular Hbond substituents is 1. The molecule has 1 aliphatic carbocycles. The van der Waals surface area contributed by atoms with E-state index in [4.69, 9.17) is 14.2 Å². The zero-order valence-electron chi connectivity index (χ0n) is 18.5. The molecule has 2 atom stereocenters. The molecule has 0 aliphatic heterocycles. The van der Waals surface area contributed by atoms with Crippen molar-refractivity contribution < 1.29 is 28.9 Å². The summed E-state index contributed by atoms with van der Waals surface area (Å²) >= 11 is 0. The molecule has 0 spiro atoms.